The number of nitrogens with one attached hydrogen (secondary N) is 4. The Kier molecular flexibility index (Phi) is 6.52. The lowest BCUT2D eigenvalue weighted by molar-refractivity contribution is 0.102. The number of carbonyl (C=O) groups is 1. The van der Waals surface area contributed by atoms with Gasteiger partial charge in [0.25, 0.3) is 5.91 Å². The molecule has 1 amide bonds. The molecule has 0 aliphatic carbocycles. The lowest BCUT2D eigenvalue weighted by atomic mass is 10.0. The predicted octanol–water partition coefficient (Wildman–Crippen LogP) is 4.92. The summed E-state index contributed by atoms with van der Waals surface area (Å²) >= 11 is 1.35. The molecule has 0 spiro atoms. The molecule has 1 unspecified atom stereocenters. The van der Waals surface area contributed by atoms with Gasteiger partial charge >= 0.3 is 0 Å². The third-order valence-corrected chi connectivity index (χ3v) is 9.76. The molecule has 11 nitrogen and oxygen atoms in total. The smallest absolute Gasteiger partial charge is 0.258 e. The van der Waals surface area contributed by atoms with Gasteiger partial charge in [0, 0.05) is 50.9 Å². The number of allylic oxidation sites excluding steroid dienone is 4. The maximum absolute atomic E-state index is 13.6. The largest absolute Gasteiger partial charge is 0.382 e. The van der Waals surface area contributed by atoms with E-state index in [0.717, 1.165) is 55.5 Å². The van der Waals surface area contributed by atoms with Gasteiger partial charge in [0.15, 0.2) is 5.66 Å². The van der Waals surface area contributed by atoms with Crippen molar-refractivity contribution in [2.24, 2.45) is 9.98 Å². The van der Waals surface area contributed by atoms with Gasteiger partial charge in [-0.3, -0.25) is 9.79 Å². The molecule has 0 fully saturated rings. The third kappa shape index (κ3) is 5.24. The highest BCUT2D eigenvalue weighted by atomic mass is 32.1. The number of nitrogens with two attached hydrogens (primary N) is 1. The zero-order valence-corrected chi connectivity index (χ0v) is 27.0. The molecule has 8 bridgehead atoms. The Morgan fingerprint density at radius 2 is 1.82 bits per heavy atom. The van der Waals surface area contributed by atoms with Crippen LogP contribution in [0.4, 0.5) is 17.3 Å². The number of aromatic nitrogens is 5. The third-order valence-electron chi connectivity index (χ3n) is 8.76. The van der Waals surface area contributed by atoms with Crippen LogP contribution in [0, 0.1) is 6.92 Å². The van der Waals surface area contributed by atoms with E-state index in [-0.39, 0.29) is 5.91 Å². The Balaban J connectivity index is 1.10. The number of H-pyrrole nitrogens is 2. The maximum Gasteiger partial charge on any atom is 0.258 e. The number of pyridine rings is 1. The molecule has 1 atom stereocenters. The topological polar surface area (TPSA) is 162 Å². The Hall–Kier alpha value is -6.40. The normalized spacial score (nSPS) is 17.8. The van der Waals surface area contributed by atoms with Crippen LogP contribution in [-0.4, -0.2) is 47.9 Å². The van der Waals surface area contributed by atoms with Gasteiger partial charge in [0.05, 0.1) is 38.6 Å². The second-order valence-corrected chi connectivity index (χ2v) is 13.1. The number of aryl methyl sites for hydroxylation is 1. The maximum atomic E-state index is 13.6. The van der Waals surface area contributed by atoms with Crippen LogP contribution in [0.5, 0.6) is 0 Å². The standard InChI is InChI=1S/C37H28N10OS/c1-20-2-9-29-28(31(20)45-36(48)30-18-49-33-32(30)40-19-41-34(33)38)11-13-39-35(29)47-37-12-10-26(46-37)16-25-6-5-22(43-25)14-21-3-4-23(42-21)15-24-7-8-27(17-37)44-24/h2-16,18-19,42,44H,17H2,1H3,(H,39,47)(H,45,48)(H2,38,40,41). The second kappa shape index (κ2) is 11.1. The lowest BCUT2D eigenvalue weighted by Crippen LogP contribution is -2.36. The zero-order valence-electron chi connectivity index (χ0n) is 26.2. The van der Waals surface area contributed by atoms with Crippen molar-refractivity contribution in [3.63, 3.8) is 0 Å². The van der Waals surface area contributed by atoms with Gasteiger partial charge in [0.2, 0.25) is 0 Å². The van der Waals surface area contributed by atoms with Crippen LogP contribution in [0.1, 0.15) is 27.3 Å². The van der Waals surface area contributed by atoms with Crippen molar-refractivity contribution in [1.29, 1.82) is 0 Å². The molecule has 6 aromatic rings. The molecule has 0 saturated heterocycles. The van der Waals surface area contributed by atoms with Crippen LogP contribution < -0.4 is 27.1 Å². The first kappa shape index (κ1) is 28.8. The molecular weight excluding hydrogens is 633 g/mol. The minimum absolute atomic E-state index is 0.275. The minimum Gasteiger partial charge on any atom is -0.382 e. The van der Waals surface area contributed by atoms with E-state index in [4.69, 9.17) is 20.7 Å². The molecule has 12 heteroatoms. The predicted molar refractivity (Wildman–Crippen MR) is 196 cm³/mol. The summed E-state index contributed by atoms with van der Waals surface area (Å²) in [6.45, 7) is 1.97. The van der Waals surface area contributed by atoms with Crippen LogP contribution in [0.15, 0.2) is 106 Å². The highest BCUT2D eigenvalue weighted by Gasteiger charge is 2.32. The van der Waals surface area contributed by atoms with Gasteiger partial charge < -0.3 is 26.3 Å². The SMILES string of the molecule is Cc1ccc2c(NC34C=CC(=N3)C=C3C=CC(=N3)C=c3ccc([nH]3)=Cc3ccc([nH]3)C4)nccc2c1NC(=O)c1csc2c(N)ncnc12. The molecule has 9 rings (SSSR count). The summed E-state index contributed by atoms with van der Waals surface area (Å²) in [5.74, 6) is 0.716. The van der Waals surface area contributed by atoms with E-state index in [1.165, 1.54) is 17.7 Å². The summed E-state index contributed by atoms with van der Waals surface area (Å²) in [6.07, 6.45) is 17.8. The average molecular weight is 661 g/mol. The highest BCUT2D eigenvalue weighted by Crippen LogP contribution is 2.35. The van der Waals surface area contributed by atoms with E-state index in [1.54, 1.807) is 11.6 Å². The highest BCUT2D eigenvalue weighted by molar-refractivity contribution is 7.18. The molecule has 8 heterocycles. The number of nitrogen functional groups attached to an aromatic ring is 1. The quantitative estimate of drug-likeness (QED) is 0.180. The summed E-state index contributed by atoms with van der Waals surface area (Å²) in [4.78, 5) is 43.8. The van der Waals surface area contributed by atoms with E-state index in [9.17, 15) is 4.79 Å². The molecule has 3 aliphatic rings. The number of hydrogen-bond acceptors (Lipinski definition) is 9. The first-order valence-corrected chi connectivity index (χ1v) is 16.6. The first-order chi connectivity index (χ1) is 23.9. The molecule has 6 N–H and O–H groups in total. The molecule has 238 valence electrons. The molecule has 0 saturated carbocycles. The van der Waals surface area contributed by atoms with Crippen molar-refractivity contribution in [3.8, 4) is 0 Å². The number of rotatable bonds is 4. The number of carbonyl (C=O) groups excluding carboxylic acids is 1. The number of benzene rings is 1. The summed E-state index contributed by atoms with van der Waals surface area (Å²) in [5, 5.41) is 12.2. The number of aromatic amines is 2. The molecule has 49 heavy (non-hydrogen) atoms. The van der Waals surface area contributed by atoms with E-state index in [1.807, 2.05) is 61.6 Å². The van der Waals surface area contributed by atoms with Crippen LogP contribution in [-0.2, 0) is 6.42 Å². The van der Waals surface area contributed by atoms with Crippen LogP contribution in [0.2, 0.25) is 0 Å². The molecule has 1 aromatic carbocycles. The second-order valence-electron chi connectivity index (χ2n) is 12.2. The van der Waals surface area contributed by atoms with Gasteiger partial charge in [-0.25, -0.2) is 19.9 Å². The van der Waals surface area contributed by atoms with E-state index < -0.39 is 5.66 Å². The molecule has 0 radical (unpaired) electrons. The first-order valence-electron chi connectivity index (χ1n) is 15.7. The van der Waals surface area contributed by atoms with Crippen LogP contribution >= 0.6 is 11.3 Å². The van der Waals surface area contributed by atoms with E-state index in [0.29, 0.717) is 39.5 Å². The summed E-state index contributed by atoms with van der Waals surface area (Å²) in [5.41, 5.74) is 12.2. The minimum atomic E-state index is -0.850. The van der Waals surface area contributed by atoms with Crippen molar-refractivity contribution in [2.75, 3.05) is 16.4 Å². The Morgan fingerprint density at radius 1 is 0.918 bits per heavy atom. The van der Waals surface area contributed by atoms with Crippen molar-refractivity contribution in [3.05, 3.63) is 130 Å². The van der Waals surface area contributed by atoms with Crippen molar-refractivity contribution < 1.29 is 4.79 Å². The van der Waals surface area contributed by atoms with Crippen LogP contribution in [0.25, 0.3) is 33.1 Å². The van der Waals surface area contributed by atoms with E-state index in [2.05, 4.69) is 60.9 Å². The zero-order chi connectivity index (χ0) is 33.1. The number of hydrogen-bond donors (Lipinski definition) is 5. The van der Waals surface area contributed by atoms with Gasteiger partial charge in [0.1, 0.15) is 18.0 Å². The monoisotopic (exact) mass is 660 g/mol. The lowest BCUT2D eigenvalue weighted by Gasteiger charge is -2.27. The summed E-state index contributed by atoms with van der Waals surface area (Å²) < 4.78 is 0.687. The van der Waals surface area contributed by atoms with Crippen molar-refractivity contribution >= 4 is 79.1 Å². The number of thiophene rings is 1. The Morgan fingerprint density at radius 3 is 2.73 bits per heavy atom. The van der Waals surface area contributed by atoms with Gasteiger partial charge in [-0.1, -0.05) is 12.1 Å². The number of fused-ring (bicyclic) bond motifs is 8. The fraction of sp³-hybridized carbons (Fsp3) is 0.0811. The molecule has 3 aliphatic heterocycles. The average Bonchev–Trinajstić information content (AvgIpc) is 3.93. The van der Waals surface area contributed by atoms with Crippen LogP contribution in [0.3, 0.4) is 0 Å². The summed E-state index contributed by atoms with van der Waals surface area (Å²) in [7, 11) is 0. The number of amides is 1. The van der Waals surface area contributed by atoms with E-state index >= 15 is 0 Å². The Bertz CT molecular complexity index is 2650. The van der Waals surface area contributed by atoms with Crippen molar-refractivity contribution in [1.82, 2.24) is 24.9 Å². The molecule has 5 aromatic heterocycles. The molecular formula is C37H28N10OS. The number of anilines is 3. The number of nitrogens with zero attached hydrogens (tertiary/aromatic N) is 5. The van der Waals surface area contributed by atoms with Crippen molar-refractivity contribution in [2.45, 2.75) is 19.0 Å². The van der Waals surface area contributed by atoms with Gasteiger partial charge in [-0.2, -0.15) is 0 Å². The van der Waals surface area contributed by atoms with Gasteiger partial charge in [-0.05, 0) is 85.4 Å². The Labute approximate surface area is 283 Å². The fourth-order valence-corrected chi connectivity index (χ4v) is 7.34. The summed E-state index contributed by atoms with van der Waals surface area (Å²) in [6, 6.07) is 14.2. The van der Waals surface area contributed by atoms with Gasteiger partial charge in [-0.15, -0.1) is 11.3 Å². The fourth-order valence-electron chi connectivity index (χ4n) is 6.43. The number of aliphatic imine (C=N–C) groups is 2.